The lowest BCUT2D eigenvalue weighted by atomic mass is 10.00. The van der Waals surface area contributed by atoms with E-state index in [1.165, 1.54) is 199 Å². The largest absolute Gasteiger partial charge is 0.472 e. The highest BCUT2D eigenvalue weighted by molar-refractivity contribution is 7.47. The summed E-state index contributed by atoms with van der Waals surface area (Å²) in [4.78, 5) is 73.0. The van der Waals surface area contributed by atoms with Crippen molar-refractivity contribution in [3.63, 3.8) is 0 Å². The first-order valence-corrected chi connectivity index (χ1v) is 43.7. The van der Waals surface area contributed by atoms with E-state index in [2.05, 4.69) is 55.4 Å². The Morgan fingerprint density at radius 3 is 0.724 bits per heavy atom. The fourth-order valence-corrected chi connectivity index (χ4v) is 13.6. The van der Waals surface area contributed by atoms with Gasteiger partial charge in [-0.05, 0) is 49.4 Å². The number of ether oxygens (including phenoxy) is 4. The Kier molecular flexibility index (Phi) is 66.8. The second kappa shape index (κ2) is 68.2. The molecule has 0 saturated carbocycles. The third-order valence-corrected chi connectivity index (χ3v) is 20.6. The Morgan fingerprint density at radius 1 is 0.286 bits per heavy atom. The molecule has 17 nitrogen and oxygen atoms in total. The van der Waals surface area contributed by atoms with E-state index in [1.807, 2.05) is 0 Å². The smallest absolute Gasteiger partial charge is 0.462 e. The summed E-state index contributed by atoms with van der Waals surface area (Å²) in [5.41, 5.74) is 0. The fourth-order valence-electron chi connectivity index (χ4n) is 12.0. The van der Waals surface area contributed by atoms with E-state index in [9.17, 15) is 43.2 Å². The summed E-state index contributed by atoms with van der Waals surface area (Å²) in [6, 6.07) is 0. The van der Waals surface area contributed by atoms with Crippen molar-refractivity contribution in [1.82, 2.24) is 0 Å². The van der Waals surface area contributed by atoms with Crippen LogP contribution in [0.15, 0.2) is 0 Å². The van der Waals surface area contributed by atoms with Gasteiger partial charge < -0.3 is 33.8 Å². The predicted molar refractivity (Wildman–Crippen MR) is 400 cm³/mol. The van der Waals surface area contributed by atoms with Gasteiger partial charge in [-0.1, -0.05) is 351 Å². The van der Waals surface area contributed by atoms with Gasteiger partial charge in [-0.25, -0.2) is 9.13 Å². The Labute approximate surface area is 600 Å². The average molecular weight is 1440 g/mol. The molecule has 0 aliphatic carbocycles. The lowest BCUT2D eigenvalue weighted by Gasteiger charge is -2.21. The summed E-state index contributed by atoms with van der Waals surface area (Å²) in [5, 5.41) is 10.6. The molecule has 98 heavy (non-hydrogen) atoms. The molecule has 6 atom stereocenters. The molecule has 0 fully saturated rings. The lowest BCUT2D eigenvalue weighted by Crippen LogP contribution is -2.30. The Morgan fingerprint density at radius 2 is 0.490 bits per heavy atom. The number of phosphoric ester groups is 2. The third-order valence-electron chi connectivity index (χ3n) is 18.7. The van der Waals surface area contributed by atoms with Crippen molar-refractivity contribution in [2.45, 2.75) is 420 Å². The highest BCUT2D eigenvalue weighted by Crippen LogP contribution is 2.45. The van der Waals surface area contributed by atoms with Gasteiger partial charge in [0.25, 0.3) is 0 Å². The topological polar surface area (TPSA) is 237 Å². The van der Waals surface area contributed by atoms with Crippen molar-refractivity contribution in [3.8, 4) is 0 Å². The summed E-state index contributed by atoms with van der Waals surface area (Å²) in [7, 11) is -9.92. The van der Waals surface area contributed by atoms with Gasteiger partial charge >= 0.3 is 39.5 Å². The molecule has 0 aromatic heterocycles. The van der Waals surface area contributed by atoms with Gasteiger partial charge in [0.2, 0.25) is 0 Å². The molecule has 0 spiro atoms. The van der Waals surface area contributed by atoms with Crippen molar-refractivity contribution < 1.29 is 80.2 Å². The summed E-state index contributed by atoms with van der Waals surface area (Å²) in [6.07, 6.45) is 54.1. The third kappa shape index (κ3) is 71.1. The number of hydrogen-bond donors (Lipinski definition) is 3. The highest BCUT2D eigenvalue weighted by Gasteiger charge is 2.30. The van der Waals surface area contributed by atoms with Gasteiger partial charge in [-0.3, -0.25) is 37.3 Å². The van der Waals surface area contributed by atoms with Gasteiger partial charge in [0.1, 0.15) is 19.3 Å². The molecular weight excluding hydrogens is 1280 g/mol. The SMILES string of the molecule is CCC(C)CCCCCCCCC(=O)OC[C@H](COP(=O)(O)OC[C@H](O)COP(=O)(O)OC[C@@H](COC(=O)CCCCCCCCCCCCCCC(C)C)OC(=O)CCCCCCCCCCCCCCCCC(C)C)OC(=O)CCCCCCCCCCCCCCCC(C)C. The minimum Gasteiger partial charge on any atom is -0.462 e. The average Bonchev–Trinajstić information content (AvgIpc) is 1.39. The standard InChI is InChI=1S/C79H154O17P2/c1-9-72(8)58-50-42-37-38-44-52-60-77(82)90-66-75(96-79(84)62-54-46-36-30-24-16-12-14-20-26-32-40-48-56-70(4)5)68-94-98(87,88)92-64-73(80)63-91-97(85,86)93-67-74(65-89-76(81)59-51-43-34-28-22-18-17-21-27-33-41-49-57-71(6)7)95-78(83)61-53-45-35-29-23-15-11-10-13-19-25-31-39-47-55-69(2)3/h69-75,80H,9-68H2,1-8H3,(H,85,86)(H,87,88)/t72?,73-,74-,75-/m1/s1. The van der Waals surface area contributed by atoms with E-state index in [0.717, 1.165) is 120 Å². The second-order valence-corrected chi connectivity index (χ2v) is 33.0. The number of rotatable bonds is 76. The monoisotopic (exact) mass is 1440 g/mol. The first-order valence-electron chi connectivity index (χ1n) is 40.7. The normalized spacial score (nSPS) is 14.3. The molecule has 0 amide bonds. The molecule has 19 heteroatoms. The molecule has 0 bridgehead atoms. The van der Waals surface area contributed by atoms with Gasteiger partial charge in [-0.15, -0.1) is 0 Å². The second-order valence-electron chi connectivity index (χ2n) is 30.1. The summed E-state index contributed by atoms with van der Waals surface area (Å²) < 4.78 is 68.7. The van der Waals surface area contributed by atoms with Crippen molar-refractivity contribution >= 4 is 39.5 Å². The van der Waals surface area contributed by atoms with Crippen molar-refractivity contribution in [3.05, 3.63) is 0 Å². The van der Waals surface area contributed by atoms with Gasteiger partial charge in [0.05, 0.1) is 26.4 Å². The van der Waals surface area contributed by atoms with E-state index in [4.69, 9.17) is 37.0 Å². The van der Waals surface area contributed by atoms with Gasteiger partial charge in [0.15, 0.2) is 12.2 Å². The number of esters is 4. The van der Waals surface area contributed by atoms with Gasteiger partial charge in [0, 0.05) is 25.7 Å². The number of phosphoric acid groups is 2. The van der Waals surface area contributed by atoms with Crippen LogP contribution in [-0.4, -0.2) is 96.7 Å². The van der Waals surface area contributed by atoms with E-state index >= 15 is 0 Å². The number of aliphatic hydroxyl groups is 1. The van der Waals surface area contributed by atoms with Crippen LogP contribution in [0.5, 0.6) is 0 Å². The minimum atomic E-state index is -4.96. The zero-order valence-electron chi connectivity index (χ0n) is 64.4. The summed E-state index contributed by atoms with van der Waals surface area (Å²) in [5.74, 6) is 0.978. The quantitative estimate of drug-likeness (QED) is 0.0222. The van der Waals surface area contributed by atoms with Crippen molar-refractivity contribution in [2.24, 2.45) is 23.7 Å². The van der Waals surface area contributed by atoms with Crippen LogP contribution < -0.4 is 0 Å². The van der Waals surface area contributed by atoms with Crippen LogP contribution in [0, 0.1) is 23.7 Å². The van der Waals surface area contributed by atoms with Crippen LogP contribution in [-0.2, 0) is 65.4 Å². The molecule has 582 valence electrons. The molecule has 0 aromatic carbocycles. The lowest BCUT2D eigenvalue weighted by molar-refractivity contribution is -0.161. The Balaban J connectivity index is 5.26. The maximum Gasteiger partial charge on any atom is 0.472 e. The van der Waals surface area contributed by atoms with E-state index < -0.39 is 97.5 Å². The van der Waals surface area contributed by atoms with Gasteiger partial charge in [-0.2, -0.15) is 0 Å². The van der Waals surface area contributed by atoms with Crippen molar-refractivity contribution in [2.75, 3.05) is 39.6 Å². The minimum absolute atomic E-state index is 0.106. The molecule has 0 rings (SSSR count). The predicted octanol–water partition coefficient (Wildman–Crippen LogP) is 23.2. The zero-order chi connectivity index (χ0) is 72.4. The number of carbonyl (C=O) groups is 4. The summed E-state index contributed by atoms with van der Waals surface area (Å²) in [6.45, 7) is 14.2. The number of hydrogen-bond acceptors (Lipinski definition) is 15. The molecule has 0 aromatic rings. The maximum atomic E-state index is 13.1. The van der Waals surface area contributed by atoms with Crippen LogP contribution >= 0.6 is 15.6 Å². The van der Waals surface area contributed by atoms with Crippen molar-refractivity contribution in [1.29, 1.82) is 0 Å². The molecule has 0 aliphatic heterocycles. The molecular formula is C79H154O17P2. The van der Waals surface area contributed by atoms with Crippen LogP contribution in [0.1, 0.15) is 402 Å². The van der Waals surface area contributed by atoms with E-state index in [1.54, 1.807) is 0 Å². The highest BCUT2D eigenvalue weighted by atomic mass is 31.2. The molecule has 0 radical (unpaired) electrons. The molecule has 3 unspecified atom stereocenters. The zero-order valence-corrected chi connectivity index (χ0v) is 66.2. The van der Waals surface area contributed by atoms with Crippen LogP contribution in [0.3, 0.4) is 0 Å². The van der Waals surface area contributed by atoms with Crippen LogP contribution in [0.2, 0.25) is 0 Å². The first-order chi connectivity index (χ1) is 47.1. The maximum absolute atomic E-state index is 13.1. The number of unbranched alkanes of at least 4 members (excludes halogenated alkanes) is 41. The molecule has 3 N–H and O–H groups in total. The molecule has 0 saturated heterocycles. The fraction of sp³-hybridized carbons (Fsp3) is 0.949. The summed E-state index contributed by atoms with van der Waals surface area (Å²) >= 11 is 0. The first kappa shape index (κ1) is 96.1. The van der Waals surface area contributed by atoms with E-state index in [0.29, 0.717) is 25.7 Å². The Bertz CT molecular complexity index is 1920. The van der Waals surface area contributed by atoms with Crippen LogP contribution in [0.4, 0.5) is 0 Å². The number of carbonyl (C=O) groups excluding carboxylic acids is 4. The Hall–Kier alpha value is -1.94. The van der Waals surface area contributed by atoms with E-state index in [-0.39, 0.29) is 25.7 Å². The van der Waals surface area contributed by atoms with Crippen LogP contribution in [0.25, 0.3) is 0 Å². The molecule has 0 heterocycles. The number of aliphatic hydroxyl groups excluding tert-OH is 1. The molecule has 0 aliphatic rings.